The predicted molar refractivity (Wildman–Crippen MR) is 181 cm³/mol. The Hall–Kier alpha value is -3.56. The Morgan fingerprint density at radius 2 is 1.84 bits per heavy atom. The van der Waals surface area contributed by atoms with Crippen molar-refractivity contribution < 1.29 is 9.53 Å². The maximum absolute atomic E-state index is 14.2. The largest absolute Gasteiger partial charge is 0.459 e. The molecule has 0 saturated heterocycles. The lowest BCUT2D eigenvalue weighted by Gasteiger charge is -2.25. The summed E-state index contributed by atoms with van der Waals surface area (Å²) < 4.78 is 9.92. The van der Waals surface area contributed by atoms with Gasteiger partial charge in [-0.15, -0.1) is 11.8 Å². The minimum atomic E-state index is -0.661. The number of aromatic nitrogens is 2. The lowest BCUT2D eigenvalue weighted by Crippen LogP contribution is -2.40. The fourth-order valence-electron chi connectivity index (χ4n) is 5.46. The molecule has 3 aromatic carbocycles. The summed E-state index contributed by atoms with van der Waals surface area (Å²) in [6.45, 7) is 6.00. The van der Waals surface area contributed by atoms with Gasteiger partial charge in [0, 0.05) is 34.1 Å². The molecule has 0 fully saturated rings. The Balaban J connectivity index is 1.50. The highest BCUT2D eigenvalue weighted by molar-refractivity contribution is 7.98. The zero-order valence-corrected chi connectivity index (χ0v) is 27.7. The van der Waals surface area contributed by atoms with Crippen LogP contribution in [0.15, 0.2) is 98.9 Å². The van der Waals surface area contributed by atoms with Gasteiger partial charge in [0.2, 0.25) is 0 Å². The molecule has 0 saturated carbocycles. The Morgan fingerprint density at radius 3 is 2.55 bits per heavy atom. The summed E-state index contributed by atoms with van der Waals surface area (Å²) >= 11 is 15.4. The van der Waals surface area contributed by atoms with Crippen molar-refractivity contribution in [3.05, 3.63) is 131 Å². The Labute approximate surface area is 272 Å². The summed E-state index contributed by atoms with van der Waals surface area (Å²) in [5.74, 6) is -0.472. The fraction of sp³-hybridized carbons (Fsp3) is 0.206. The van der Waals surface area contributed by atoms with Crippen molar-refractivity contribution in [1.82, 2.24) is 9.13 Å². The van der Waals surface area contributed by atoms with Gasteiger partial charge in [-0.2, -0.15) is 0 Å². The number of rotatable bonds is 7. The molecule has 0 bridgehead atoms. The second-order valence-corrected chi connectivity index (χ2v) is 13.5. The van der Waals surface area contributed by atoms with Crippen molar-refractivity contribution in [3.63, 3.8) is 0 Å². The minimum Gasteiger partial charge on any atom is -0.459 e. The molecule has 1 aliphatic heterocycles. The number of thiazole rings is 1. The van der Waals surface area contributed by atoms with Gasteiger partial charge >= 0.3 is 5.97 Å². The number of fused-ring (bicyclic) bond motifs is 2. The number of hydrogen-bond donors (Lipinski definition) is 0. The van der Waals surface area contributed by atoms with Gasteiger partial charge < -0.3 is 9.30 Å². The van der Waals surface area contributed by atoms with Crippen LogP contribution in [0.5, 0.6) is 0 Å². The van der Waals surface area contributed by atoms with E-state index in [-0.39, 0.29) is 11.7 Å². The van der Waals surface area contributed by atoms with Crippen LogP contribution in [0.1, 0.15) is 43.5 Å². The molecular weight excluding hydrogens is 633 g/mol. The van der Waals surface area contributed by atoms with Crippen LogP contribution < -0.4 is 14.9 Å². The first-order valence-electron chi connectivity index (χ1n) is 14.0. The van der Waals surface area contributed by atoms with Crippen molar-refractivity contribution in [2.75, 3.05) is 6.26 Å². The highest BCUT2D eigenvalue weighted by Crippen LogP contribution is 2.32. The number of carbonyl (C=O) groups excluding carboxylic acids is 1. The molecular formula is C34H29Cl2N3O3S2. The molecule has 3 heterocycles. The lowest BCUT2D eigenvalue weighted by atomic mass is 9.96. The maximum Gasteiger partial charge on any atom is 0.338 e. The summed E-state index contributed by atoms with van der Waals surface area (Å²) in [7, 11) is 0. The zero-order valence-electron chi connectivity index (χ0n) is 24.5. The third-order valence-electron chi connectivity index (χ3n) is 7.46. The molecule has 224 valence electrons. The Morgan fingerprint density at radius 1 is 1.09 bits per heavy atom. The van der Waals surface area contributed by atoms with E-state index in [0.29, 0.717) is 37.2 Å². The van der Waals surface area contributed by atoms with E-state index in [0.717, 1.165) is 32.5 Å². The second kappa shape index (κ2) is 12.4. The molecule has 1 aliphatic rings. The van der Waals surface area contributed by atoms with E-state index in [1.165, 1.54) is 11.3 Å². The van der Waals surface area contributed by atoms with Crippen LogP contribution in [0.25, 0.3) is 17.0 Å². The van der Waals surface area contributed by atoms with Crippen molar-refractivity contribution in [3.8, 4) is 0 Å². The zero-order chi connectivity index (χ0) is 31.1. The first-order chi connectivity index (χ1) is 21.1. The first-order valence-corrected chi connectivity index (χ1v) is 16.8. The third-order valence-corrected chi connectivity index (χ3v) is 9.92. The number of allylic oxidation sites excluding steroid dienone is 1. The van der Waals surface area contributed by atoms with Gasteiger partial charge in [-0.1, -0.05) is 70.9 Å². The number of hydrogen-bond acceptors (Lipinski definition) is 6. The molecule has 0 amide bonds. The number of esters is 1. The van der Waals surface area contributed by atoms with Crippen LogP contribution in [-0.2, 0) is 16.1 Å². The van der Waals surface area contributed by atoms with E-state index in [2.05, 4.69) is 10.6 Å². The minimum absolute atomic E-state index is 0.212. The van der Waals surface area contributed by atoms with Crippen molar-refractivity contribution in [2.45, 2.75) is 44.4 Å². The monoisotopic (exact) mass is 661 g/mol. The van der Waals surface area contributed by atoms with Crippen molar-refractivity contribution >= 4 is 69.2 Å². The fourth-order valence-corrected chi connectivity index (χ4v) is 7.23. The summed E-state index contributed by atoms with van der Waals surface area (Å²) in [4.78, 5) is 34.0. The molecule has 2 aromatic heterocycles. The van der Waals surface area contributed by atoms with E-state index >= 15 is 0 Å². The van der Waals surface area contributed by atoms with E-state index in [1.54, 1.807) is 29.3 Å². The van der Waals surface area contributed by atoms with E-state index in [9.17, 15) is 9.59 Å². The van der Waals surface area contributed by atoms with Gasteiger partial charge in [0.25, 0.3) is 5.56 Å². The van der Waals surface area contributed by atoms with Crippen molar-refractivity contribution in [2.24, 2.45) is 4.99 Å². The molecule has 44 heavy (non-hydrogen) atoms. The molecule has 0 N–H and O–H groups in total. The van der Waals surface area contributed by atoms with Crippen LogP contribution in [0.4, 0.5) is 0 Å². The van der Waals surface area contributed by atoms with Gasteiger partial charge in [0.1, 0.15) is 0 Å². The van der Waals surface area contributed by atoms with E-state index in [1.807, 2.05) is 87.0 Å². The van der Waals surface area contributed by atoms with Crippen LogP contribution in [-0.4, -0.2) is 27.5 Å². The molecule has 10 heteroatoms. The summed E-state index contributed by atoms with van der Waals surface area (Å²) in [5, 5.41) is 2.03. The quantitative estimate of drug-likeness (QED) is 0.136. The van der Waals surface area contributed by atoms with Crippen molar-refractivity contribution in [1.29, 1.82) is 0 Å². The molecule has 0 radical (unpaired) electrons. The van der Waals surface area contributed by atoms with Gasteiger partial charge in [-0.25, -0.2) is 9.79 Å². The Bertz CT molecular complexity index is 2130. The standard InChI is InChI=1S/C34H29Cl2N3O3S2/c1-19(2)42-33(41)30-20(3)37-34-39(31(30)22-10-12-24(43-4)13-11-22)32(40)29(44-34)16-23-18-38(28-8-6-5-7-25(23)28)17-21-9-14-26(35)27(36)15-21/h5-16,18-19,31H,17H2,1-4H3/b29-16+/t31-/m0/s1. The third kappa shape index (κ3) is 5.79. The number of nitrogens with zero attached hydrogens (tertiary/aromatic N) is 3. The van der Waals surface area contributed by atoms with E-state index < -0.39 is 12.0 Å². The average molecular weight is 663 g/mol. The number of benzene rings is 3. The highest BCUT2D eigenvalue weighted by atomic mass is 35.5. The Kier molecular flexibility index (Phi) is 8.61. The number of ether oxygens (including phenoxy) is 1. The average Bonchev–Trinajstić information content (AvgIpc) is 3.50. The topological polar surface area (TPSA) is 65.6 Å². The molecule has 1 atom stereocenters. The van der Waals surface area contributed by atoms with Gasteiger partial charge in [-0.3, -0.25) is 9.36 Å². The van der Waals surface area contributed by atoms with Crippen LogP contribution >= 0.6 is 46.3 Å². The SMILES string of the molecule is CSc1ccc([C@H]2C(C(=O)OC(C)C)=C(C)N=c3s/c(=C/c4cn(Cc5ccc(Cl)c(Cl)c5)c5ccccc45)c(=O)n32)cc1. The highest BCUT2D eigenvalue weighted by Gasteiger charge is 2.33. The molecule has 6 rings (SSSR count). The van der Waals surface area contributed by atoms with Crippen LogP contribution in [0.3, 0.4) is 0 Å². The lowest BCUT2D eigenvalue weighted by molar-refractivity contribution is -0.143. The molecule has 6 nitrogen and oxygen atoms in total. The van der Waals surface area contributed by atoms with Gasteiger partial charge in [0.15, 0.2) is 4.80 Å². The molecule has 0 unspecified atom stereocenters. The van der Waals surface area contributed by atoms with Crippen LogP contribution in [0, 0.1) is 0 Å². The first kappa shape index (κ1) is 30.5. The van der Waals surface area contributed by atoms with Gasteiger partial charge in [0.05, 0.1) is 38.0 Å². The predicted octanol–water partition coefficient (Wildman–Crippen LogP) is 7.22. The normalized spacial score (nSPS) is 15.2. The van der Waals surface area contributed by atoms with Gasteiger partial charge in [-0.05, 0) is 74.6 Å². The number of halogens is 2. The summed E-state index contributed by atoms with van der Waals surface area (Å²) in [6, 6.07) is 21.0. The number of thioether (sulfide) groups is 1. The van der Waals surface area contributed by atoms with E-state index in [4.69, 9.17) is 32.9 Å². The molecule has 0 spiro atoms. The summed E-state index contributed by atoms with van der Waals surface area (Å²) in [5.41, 5.74) is 4.46. The molecule has 5 aromatic rings. The van der Waals surface area contributed by atoms with Crippen LogP contribution in [0.2, 0.25) is 10.0 Å². The number of carbonyl (C=O) groups is 1. The number of para-hydroxylation sites is 1. The maximum atomic E-state index is 14.2. The molecule has 0 aliphatic carbocycles. The smallest absolute Gasteiger partial charge is 0.338 e. The second-order valence-electron chi connectivity index (χ2n) is 10.8. The summed E-state index contributed by atoms with van der Waals surface area (Å²) in [6.07, 6.45) is 5.65.